The average Bonchev–Trinajstić information content (AvgIpc) is 3.28. The molecule has 2 saturated heterocycles. The maximum Gasteiger partial charge on any atom is 0.328 e. The van der Waals surface area contributed by atoms with E-state index in [0.29, 0.717) is 25.6 Å². The van der Waals surface area contributed by atoms with E-state index in [1.807, 2.05) is 9.80 Å². The van der Waals surface area contributed by atoms with Crippen LogP contribution in [0.4, 0.5) is 14.9 Å². The molecule has 0 saturated carbocycles. The topological polar surface area (TPSA) is 59.5 Å². The predicted molar refractivity (Wildman–Crippen MR) is 109 cm³/mol. The van der Waals surface area contributed by atoms with Gasteiger partial charge in [0.25, 0.3) is 5.91 Å². The number of nitrogens with zero attached hydrogens (tertiary/aromatic N) is 5. The van der Waals surface area contributed by atoms with E-state index in [9.17, 15) is 14.0 Å². The normalized spacial score (nSPS) is 23.6. The van der Waals surface area contributed by atoms with Gasteiger partial charge in [-0.2, -0.15) is 0 Å². The first-order valence-corrected chi connectivity index (χ1v) is 10.5. The Morgan fingerprint density at radius 3 is 2.52 bits per heavy atom. The third-order valence-corrected chi connectivity index (χ3v) is 6.00. The smallest absolute Gasteiger partial charge is 0.325 e. The van der Waals surface area contributed by atoms with Crippen molar-refractivity contribution in [3.8, 4) is 0 Å². The van der Waals surface area contributed by atoms with E-state index in [4.69, 9.17) is 4.99 Å². The Kier molecular flexibility index (Phi) is 5.43. The molecule has 3 aliphatic rings. The molecule has 3 heterocycles. The lowest BCUT2D eigenvalue weighted by molar-refractivity contribution is -0.137. The van der Waals surface area contributed by atoms with Gasteiger partial charge in [-0.15, -0.1) is 0 Å². The van der Waals surface area contributed by atoms with Gasteiger partial charge in [0.2, 0.25) is 5.96 Å². The number of hydrogen-bond acceptors (Lipinski definition) is 5. The third kappa shape index (κ3) is 3.45. The number of rotatable bonds is 7. The van der Waals surface area contributed by atoms with Gasteiger partial charge in [0.1, 0.15) is 5.82 Å². The van der Waals surface area contributed by atoms with Crippen LogP contribution in [0.25, 0.3) is 0 Å². The summed E-state index contributed by atoms with van der Waals surface area (Å²) in [6, 6.07) is 5.51. The number of aliphatic imine (C=N–C) groups is 1. The SMILES string of the molecule is CCCCCCCN1C(=O)C2C(N=C3N(c4ccc(F)cc4)CCN32)N(C)C1=O. The number of anilines is 1. The first-order chi connectivity index (χ1) is 14.0. The van der Waals surface area contributed by atoms with E-state index in [-0.39, 0.29) is 17.8 Å². The number of benzene rings is 1. The van der Waals surface area contributed by atoms with Crippen LogP contribution in [0.3, 0.4) is 0 Å². The summed E-state index contributed by atoms with van der Waals surface area (Å²) in [5, 5.41) is 0. The number of imide groups is 1. The van der Waals surface area contributed by atoms with Gasteiger partial charge < -0.3 is 14.7 Å². The second-order valence-electron chi connectivity index (χ2n) is 7.91. The molecule has 1 aromatic carbocycles. The van der Waals surface area contributed by atoms with Crippen molar-refractivity contribution < 1.29 is 14.0 Å². The Balaban J connectivity index is 1.50. The number of carbonyl (C=O) groups is 2. The van der Waals surface area contributed by atoms with Gasteiger partial charge in [0.15, 0.2) is 12.2 Å². The lowest BCUT2D eigenvalue weighted by atomic mass is 10.1. The number of carbonyl (C=O) groups excluding carboxylic acids is 2. The van der Waals surface area contributed by atoms with Crippen LogP contribution in [0.2, 0.25) is 0 Å². The van der Waals surface area contributed by atoms with Crippen LogP contribution >= 0.6 is 0 Å². The minimum atomic E-state index is -0.510. The molecular weight excluding hydrogens is 373 g/mol. The first-order valence-electron chi connectivity index (χ1n) is 10.5. The molecular formula is C21H28FN5O2. The van der Waals surface area contributed by atoms with Crippen LogP contribution in [0, 0.1) is 5.82 Å². The second kappa shape index (κ2) is 8.00. The van der Waals surface area contributed by atoms with Crippen molar-refractivity contribution in [2.45, 2.75) is 51.2 Å². The van der Waals surface area contributed by atoms with Gasteiger partial charge in [-0.3, -0.25) is 9.69 Å². The summed E-state index contributed by atoms with van der Waals surface area (Å²) in [7, 11) is 1.71. The quantitative estimate of drug-likeness (QED) is 0.660. The van der Waals surface area contributed by atoms with Crippen LogP contribution in [0.15, 0.2) is 29.3 Å². The molecule has 0 bridgehead atoms. The fourth-order valence-electron chi connectivity index (χ4n) is 4.38. The maximum absolute atomic E-state index is 13.3. The molecule has 3 amide bonds. The van der Waals surface area contributed by atoms with E-state index in [1.54, 1.807) is 24.1 Å². The Morgan fingerprint density at radius 2 is 1.79 bits per heavy atom. The molecule has 156 valence electrons. The molecule has 0 spiro atoms. The highest BCUT2D eigenvalue weighted by Crippen LogP contribution is 2.33. The molecule has 2 unspecified atom stereocenters. The van der Waals surface area contributed by atoms with Crippen molar-refractivity contribution in [3.05, 3.63) is 30.1 Å². The van der Waals surface area contributed by atoms with Crippen LogP contribution < -0.4 is 4.90 Å². The molecule has 2 fully saturated rings. The van der Waals surface area contributed by atoms with Gasteiger partial charge >= 0.3 is 6.03 Å². The Labute approximate surface area is 170 Å². The Hall–Kier alpha value is -2.64. The fraction of sp³-hybridized carbons (Fsp3) is 0.571. The van der Waals surface area contributed by atoms with Crippen LogP contribution in [0.1, 0.15) is 39.0 Å². The average molecular weight is 401 g/mol. The third-order valence-electron chi connectivity index (χ3n) is 6.00. The van der Waals surface area contributed by atoms with E-state index < -0.39 is 12.2 Å². The zero-order valence-electron chi connectivity index (χ0n) is 17.1. The highest BCUT2D eigenvalue weighted by atomic mass is 19.1. The molecule has 0 aromatic heterocycles. The number of urea groups is 1. The molecule has 4 rings (SSSR count). The largest absolute Gasteiger partial charge is 0.328 e. The highest BCUT2D eigenvalue weighted by molar-refractivity contribution is 6.07. The van der Waals surface area contributed by atoms with Crippen LogP contribution in [-0.2, 0) is 4.79 Å². The van der Waals surface area contributed by atoms with Crippen molar-refractivity contribution >= 4 is 23.6 Å². The number of halogens is 1. The van der Waals surface area contributed by atoms with Crippen molar-refractivity contribution in [1.29, 1.82) is 0 Å². The number of guanidine groups is 1. The molecule has 1 aromatic rings. The van der Waals surface area contributed by atoms with Crippen molar-refractivity contribution in [2.24, 2.45) is 4.99 Å². The standard InChI is InChI=1S/C21H28FN5O2/c1-3-4-5-6-7-12-27-19(28)17-18(24(2)21(27)29)23-20-25(13-14-26(17)20)16-10-8-15(22)9-11-16/h8-11,17-18H,3-7,12-14H2,1-2H3. The lowest BCUT2D eigenvalue weighted by Crippen LogP contribution is -2.64. The molecule has 3 aliphatic heterocycles. The number of amides is 3. The van der Waals surface area contributed by atoms with Gasteiger partial charge in [0.05, 0.1) is 0 Å². The molecule has 7 nitrogen and oxygen atoms in total. The van der Waals surface area contributed by atoms with Crippen LogP contribution in [-0.4, -0.2) is 71.5 Å². The molecule has 2 atom stereocenters. The first kappa shape index (κ1) is 19.7. The van der Waals surface area contributed by atoms with Gasteiger partial charge in [-0.1, -0.05) is 32.6 Å². The highest BCUT2D eigenvalue weighted by Gasteiger charge is 2.54. The van der Waals surface area contributed by atoms with Crippen molar-refractivity contribution in [1.82, 2.24) is 14.7 Å². The van der Waals surface area contributed by atoms with E-state index in [1.165, 1.54) is 23.5 Å². The van der Waals surface area contributed by atoms with Gasteiger partial charge in [0, 0.05) is 32.4 Å². The van der Waals surface area contributed by atoms with Crippen molar-refractivity contribution in [2.75, 3.05) is 31.6 Å². The van der Waals surface area contributed by atoms with Crippen LogP contribution in [0.5, 0.6) is 0 Å². The Morgan fingerprint density at radius 1 is 1.07 bits per heavy atom. The van der Waals surface area contributed by atoms with E-state index in [2.05, 4.69) is 6.92 Å². The lowest BCUT2D eigenvalue weighted by Gasteiger charge is -2.40. The fourth-order valence-corrected chi connectivity index (χ4v) is 4.38. The molecule has 29 heavy (non-hydrogen) atoms. The summed E-state index contributed by atoms with van der Waals surface area (Å²) in [6.07, 6.45) is 4.81. The minimum absolute atomic E-state index is 0.159. The zero-order valence-corrected chi connectivity index (χ0v) is 17.1. The molecule has 0 N–H and O–H groups in total. The minimum Gasteiger partial charge on any atom is -0.325 e. The summed E-state index contributed by atoms with van der Waals surface area (Å²) < 4.78 is 13.3. The number of unbranched alkanes of at least 4 members (excludes halogenated alkanes) is 4. The second-order valence-corrected chi connectivity index (χ2v) is 7.91. The number of hydrogen-bond donors (Lipinski definition) is 0. The summed E-state index contributed by atoms with van der Waals surface area (Å²) in [5.41, 5.74) is 0.834. The summed E-state index contributed by atoms with van der Waals surface area (Å²) in [5.74, 6) is 0.236. The zero-order chi connectivity index (χ0) is 20.5. The number of likely N-dealkylation sites (N-methyl/N-ethyl adjacent to an activating group) is 1. The van der Waals surface area contributed by atoms with E-state index in [0.717, 1.165) is 31.4 Å². The monoisotopic (exact) mass is 401 g/mol. The predicted octanol–water partition coefficient (Wildman–Crippen LogP) is 2.88. The summed E-state index contributed by atoms with van der Waals surface area (Å²) >= 11 is 0. The van der Waals surface area contributed by atoms with Crippen molar-refractivity contribution in [3.63, 3.8) is 0 Å². The molecule has 8 heteroatoms. The summed E-state index contributed by atoms with van der Waals surface area (Å²) in [6.45, 7) is 3.95. The molecule has 0 radical (unpaired) electrons. The van der Waals surface area contributed by atoms with E-state index >= 15 is 0 Å². The van der Waals surface area contributed by atoms with Gasteiger partial charge in [-0.05, 0) is 30.7 Å². The number of fused-ring (bicyclic) bond motifs is 3. The maximum atomic E-state index is 13.3. The summed E-state index contributed by atoms with van der Waals surface area (Å²) in [4.78, 5) is 37.7. The van der Waals surface area contributed by atoms with Gasteiger partial charge in [-0.25, -0.2) is 14.2 Å². The molecule has 0 aliphatic carbocycles. The Bertz CT molecular complexity index is 812.